The van der Waals surface area contributed by atoms with E-state index in [2.05, 4.69) is 10.3 Å². The Morgan fingerprint density at radius 3 is 2.55 bits per heavy atom. The number of nitrogens with one attached hydrogen (secondary N) is 1. The van der Waals surface area contributed by atoms with Crippen LogP contribution in [0.2, 0.25) is 5.15 Å². The lowest BCUT2D eigenvalue weighted by Crippen LogP contribution is -2.50. The minimum Gasteiger partial charge on any atom is -0.348 e. The average molecular weight is 491 g/mol. The molecule has 0 aromatic carbocycles. The summed E-state index contributed by atoms with van der Waals surface area (Å²) in [6.45, 7) is 0.779. The molecule has 2 aromatic heterocycles. The summed E-state index contributed by atoms with van der Waals surface area (Å²) in [7, 11) is -3.24. The highest BCUT2D eigenvalue weighted by molar-refractivity contribution is 7.94. The molecule has 5 rings (SSSR count). The fourth-order valence-electron chi connectivity index (χ4n) is 4.34. The number of hydrogen-bond donors (Lipinski definition) is 1. The Morgan fingerprint density at radius 1 is 1.15 bits per heavy atom. The van der Waals surface area contributed by atoms with Gasteiger partial charge in [0.2, 0.25) is 0 Å². The summed E-state index contributed by atoms with van der Waals surface area (Å²) in [5.74, 6) is -0.928. The van der Waals surface area contributed by atoms with Gasteiger partial charge in [-0.2, -0.15) is 0 Å². The third-order valence-electron chi connectivity index (χ3n) is 6.61. The number of nitrogens with zero attached hydrogens (tertiary/aromatic N) is 3. The highest BCUT2D eigenvalue weighted by atomic mass is 35.5. The first-order valence-electron chi connectivity index (χ1n) is 10.9. The zero-order valence-electron chi connectivity index (χ0n) is 17.8. The van der Waals surface area contributed by atoms with Crippen LogP contribution in [-0.4, -0.2) is 57.8 Å². The van der Waals surface area contributed by atoms with E-state index in [0.29, 0.717) is 30.8 Å². The number of carbonyl (C=O) groups excluding carboxylic acids is 2. The number of hydrogen-bond acceptors (Lipinski definition) is 6. The normalized spacial score (nSPS) is 19.2. The van der Waals surface area contributed by atoms with E-state index in [9.17, 15) is 22.8 Å². The van der Waals surface area contributed by atoms with E-state index in [1.807, 2.05) is 0 Å². The SMILES string of the molecule is O=C(NCc1ccc(Cl)nc1)c1ccc2n(c1=O)CCN(CC1(S(=O)(=O)C3CC3)CC1)C2=O. The Balaban J connectivity index is 1.31. The minimum atomic E-state index is -3.24. The highest BCUT2D eigenvalue weighted by Gasteiger charge is 2.60. The molecule has 2 fully saturated rings. The van der Waals surface area contributed by atoms with E-state index in [-0.39, 0.29) is 48.6 Å². The molecule has 2 aromatic rings. The van der Waals surface area contributed by atoms with Gasteiger partial charge in [0, 0.05) is 32.4 Å². The van der Waals surface area contributed by atoms with Crippen molar-refractivity contribution in [3.63, 3.8) is 0 Å². The number of sulfone groups is 1. The first-order valence-corrected chi connectivity index (χ1v) is 12.8. The van der Waals surface area contributed by atoms with Gasteiger partial charge in [-0.25, -0.2) is 13.4 Å². The Labute approximate surface area is 195 Å². The molecule has 1 aliphatic heterocycles. The lowest BCUT2D eigenvalue weighted by Gasteiger charge is -2.32. The van der Waals surface area contributed by atoms with Crippen LogP contribution in [0, 0.1) is 0 Å². The van der Waals surface area contributed by atoms with Gasteiger partial charge in [-0.05, 0) is 49.4 Å². The van der Waals surface area contributed by atoms with Crippen molar-refractivity contribution in [3.8, 4) is 0 Å². The molecule has 3 heterocycles. The molecule has 0 spiro atoms. The molecular weight excluding hydrogens is 468 g/mol. The second kappa shape index (κ2) is 7.95. The maximum absolute atomic E-state index is 13.1. The zero-order valence-corrected chi connectivity index (χ0v) is 19.4. The van der Waals surface area contributed by atoms with Gasteiger partial charge in [0.1, 0.15) is 16.4 Å². The molecule has 0 radical (unpaired) electrons. The topological polar surface area (TPSA) is 118 Å². The Bertz CT molecular complexity index is 1300. The van der Waals surface area contributed by atoms with Gasteiger partial charge in [-0.15, -0.1) is 0 Å². The summed E-state index contributed by atoms with van der Waals surface area (Å²) in [6, 6.07) is 6.14. The smallest absolute Gasteiger partial charge is 0.270 e. The number of pyridine rings is 2. The quantitative estimate of drug-likeness (QED) is 0.586. The summed E-state index contributed by atoms with van der Waals surface area (Å²) in [5.41, 5.74) is 0.298. The van der Waals surface area contributed by atoms with Gasteiger partial charge < -0.3 is 14.8 Å². The van der Waals surface area contributed by atoms with Crippen molar-refractivity contribution in [3.05, 3.63) is 62.8 Å². The molecule has 174 valence electrons. The van der Waals surface area contributed by atoms with Crippen LogP contribution in [0.4, 0.5) is 0 Å². The van der Waals surface area contributed by atoms with Gasteiger partial charge in [0.25, 0.3) is 17.4 Å². The molecule has 33 heavy (non-hydrogen) atoms. The highest BCUT2D eigenvalue weighted by Crippen LogP contribution is 2.50. The second-order valence-electron chi connectivity index (χ2n) is 8.91. The predicted octanol–water partition coefficient (Wildman–Crippen LogP) is 1.39. The third kappa shape index (κ3) is 3.95. The fourth-order valence-corrected chi connectivity index (χ4v) is 6.92. The van der Waals surface area contributed by atoms with Crippen LogP contribution in [0.5, 0.6) is 0 Å². The van der Waals surface area contributed by atoms with Crippen molar-refractivity contribution in [2.24, 2.45) is 0 Å². The second-order valence-corrected chi connectivity index (χ2v) is 11.9. The molecule has 0 saturated heterocycles. The predicted molar refractivity (Wildman–Crippen MR) is 121 cm³/mol. The molecule has 3 aliphatic rings. The molecular formula is C22H23ClN4O5S. The largest absolute Gasteiger partial charge is 0.348 e. The van der Waals surface area contributed by atoms with Crippen molar-refractivity contribution in [1.82, 2.24) is 19.8 Å². The zero-order chi connectivity index (χ0) is 23.4. The molecule has 2 aliphatic carbocycles. The van der Waals surface area contributed by atoms with E-state index in [1.54, 1.807) is 12.1 Å². The van der Waals surface area contributed by atoms with Crippen LogP contribution in [0.3, 0.4) is 0 Å². The van der Waals surface area contributed by atoms with Gasteiger partial charge in [-0.1, -0.05) is 17.7 Å². The van der Waals surface area contributed by atoms with Gasteiger partial charge in [-0.3, -0.25) is 14.4 Å². The van der Waals surface area contributed by atoms with E-state index in [4.69, 9.17) is 11.6 Å². The minimum absolute atomic E-state index is 0.0584. The summed E-state index contributed by atoms with van der Waals surface area (Å²) >= 11 is 5.75. The van der Waals surface area contributed by atoms with Crippen molar-refractivity contribution < 1.29 is 18.0 Å². The van der Waals surface area contributed by atoms with Crippen LogP contribution in [-0.2, 0) is 22.9 Å². The lowest BCUT2D eigenvalue weighted by molar-refractivity contribution is 0.0695. The number of carbonyl (C=O) groups is 2. The molecule has 9 nitrogen and oxygen atoms in total. The monoisotopic (exact) mass is 490 g/mol. The summed E-state index contributed by atoms with van der Waals surface area (Å²) in [6.07, 6.45) is 4.09. The standard InChI is InChI=1S/C22H23ClN4O5S/c23-18-6-1-14(11-24-18)12-25-19(28)16-4-5-17-21(30)26(9-10-27(17)20(16)29)13-22(7-8-22)33(31,32)15-2-3-15/h1,4-6,11,15H,2-3,7-10,12-13H2,(H,25,28). The number of amides is 2. The average Bonchev–Trinajstić information content (AvgIpc) is 3.69. The summed E-state index contributed by atoms with van der Waals surface area (Å²) in [4.78, 5) is 44.0. The molecule has 0 bridgehead atoms. The number of aromatic nitrogens is 2. The van der Waals surface area contributed by atoms with Crippen molar-refractivity contribution in [2.45, 2.75) is 48.8 Å². The van der Waals surface area contributed by atoms with Crippen molar-refractivity contribution in [1.29, 1.82) is 0 Å². The molecule has 0 atom stereocenters. The van der Waals surface area contributed by atoms with Crippen LogP contribution in [0.15, 0.2) is 35.3 Å². The Kier molecular flexibility index (Phi) is 5.32. The maximum Gasteiger partial charge on any atom is 0.270 e. The number of halogens is 1. The fraction of sp³-hybridized carbons (Fsp3) is 0.455. The van der Waals surface area contributed by atoms with E-state index in [1.165, 1.54) is 27.8 Å². The van der Waals surface area contributed by atoms with Crippen LogP contribution in [0.1, 0.15) is 52.1 Å². The molecule has 1 N–H and O–H groups in total. The summed E-state index contributed by atoms with van der Waals surface area (Å²) < 4.78 is 26.1. The molecule has 11 heteroatoms. The van der Waals surface area contributed by atoms with Crippen LogP contribution in [0.25, 0.3) is 0 Å². The third-order valence-corrected chi connectivity index (χ3v) is 9.93. The van der Waals surface area contributed by atoms with Crippen LogP contribution >= 0.6 is 11.6 Å². The first-order chi connectivity index (χ1) is 15.7. The Morgan fingerprint density at radius 2 is 1.91 bits per heavy atom. The first kappa shape index (κ1) is 22.1. The number of fused-ring (bicyclic) bond motifs is 1. The summed E-state index contributed by atoms with van der Waals surface area (Å²) in [5, 5.41) is 2.76. The van der Waals surface area contributed by atoms with Crippen molar-refractivity contribution in [2.75, 3.05) is 13.1 Å². The van der Waals surface area contributed by atoms with Gasteiger partial charge >= 0.3 is 0 Å². The molecule has 0 unspecified atom stereocenters. The van der Waals surface area contributed by atoms with Gasteiger partial charge in [0.05, 0.1) is 10.00 Å². The van der Waals surface area contributed by atoms with Gasteiger partial charge in [0.15, 0.2) is 9.84 Å². The number of rotatable bonds is 7. The lowest BCUT2D eigenvalue weighted by atomic mass is 10.1. The van der Waals surface area contributed by atoms with E-state index >= 15 is 0 Å². The Hall–Kier alpha value is -2.72. The van der Waals surface area contributed by atoms with E-state index in [0.717, 1.165) is 5.56 Å². The van der Waals surface area contributed by atoms with Crippen LogP contribution < -0.4 is 10.9 Å². The van der Waals surface area contributed by atoms with E-state index < -0.39 is 26.1 Å². The van der Waals surface area contributed by atoms with Crippen molar-refractivity contribution >= 4 is 33.3 Å². The molecule has 2 amide bonds. The maximum atomic E-state index is 13.1. The molecule has 2 saturated carbocycles.